The summed E-state index contributed by atoms with van der Waals surface area (Å²) in [7, 11) is 0. The van der Waals surface area contributed by atoms with Crippen LogP contribution in [0.3, 0.4) is 0 Å². The van der Waals surface area contributed by atoms with E-state index in [1.807, 2.05) is 24.3 Å². The number of ether oxygens (including phenoxy) is 1. The molecule has 8 heteroatoms. The van der Waals surface area contributed by atoms with Crippen LogP contribution in [0.4, 0.5) is 13.2 Å². The number of nitriles is 1. The molecule has 2 heterocycles. The van der Waals surface area contributed by atoms with E-state index in [1.54, 1.807) is 54.6 Å². The van der Waals surface area contributed by atoms with Gasteiger partial charge in [-0.3, -0.25) is 0 Å². The molecule has 1 aromatic heterocycles. The second kappa shape index (κ2) is 7.17. The van der Waals surface area contributed by atoms with Crippen LogP contribution in [-0.2, 0) is 6.18 Å². The molecule has 4 aromatic rings. The Hall–Kier alpha value is -4.25. The zero-order chi connectivity index (χ0) is 22.5. The number of nitrogens with two attached hydrogens (primary N) is 1. The third kappa shape index (κ3) is 2.98. The van der Waals surface area contributed by atoms with Crippen LogP contribution in [0.25, 0.3) is 16.5 Å². The summed E-state index contributed by atoms with van der Waals surface area (Å²) in [6.45, 7) is 0. The van der Waals surface area contributed by atoms with Crippen LogP contribution in [0.2, 0.25) is 0 Å². The Morgan fingerprint density at radius 3 is 2.38 bits per heavy atom. The van der Waals surface area contributed by atoms with Crippen molar-refractivity contribution in [2.24, 2.45) is 5.73 Å². The van der Waals surface area contributed by atoms with Gasteiger partial charge in [0, 0.05) is 0 Å². The van der Waals surface area contributed by atoms with Gasteiger partial charge in [-0.05, 0) is 28.5 Å². The van der Waals surface area contributed by atoms with Crippen LogP contribution in [0, 0.1) is 11.3 Å². The predicted octanol–water partition coefficient (Wildman–Crippen LogP) is 5.26. The molecule has 2 N–H and O–H groups in total. The average molecular weight is 432 g/mol. The van der Waals surface area contributed by atoms with Gasteiger partial charge in [-0.1, -0.05) is 60.7 Å². The van der Waals surface area contributed by atoms with Gasteiger partial charge < -0.3 is 10.5 Å². The summed E-state index contributed by atoms with van der Waals surface area (Å²) in [5.41, 5.74) is 5.51. The van der Waals surface area contributed by atoms with E-state index in [9.17, 15) is 18.4 Å². The Balaban J connectivity index is 1.87. The second-order valence-electron chi connectivity index (χ2n) is 7.31. The number of aromatic nitrogens is 2. The minimum atomic E-state index is -4.77. The number of alkyl halides is 3. The molecule has 5 nitrogen and oxygen atoms in total. The van der Waals surface area contributed by atoms with E-state index < -0.39 is 17.8 Å². The van der Waals surface area contributed by atoms with Gasteiger partial charge in [0.2, 0.25) is 11.8 Å². The van der Waals surface area contributed by atoms with Crippen molar-refractivity contribution in [2.45, 2.75) is 12.1 Å². The zero-order valence-electron chi connectivity index (χ0n) is 16.5. The van der Waals surface area contributed by atoms with Crippen molar-refractivity contribution in [3.63, 3.8) is 0 Å². The number of fused-ring (bicyclic) bond motifs is 2. The number of para-hydroxylation sites is 1. The fourth-order valence-electron chi connectivity index (χ4n) is 4.11. The zero-order valence-corrected chi connectivity index (χ0v) is 16.5. The maximum Gasteiger partial charge on any atom is 0.435 e. The Morgan fingerprint density at radius 2 is 1.66 bits per heavy atom. The lowest BCUT2D eigenvalue weighted by Gasteiger charge is -2.26. The van der Waals surface area contributed by atoms with Crippen LogP contribution in [-0.4, -0.2) is 9.78 Å². The van der Waals surface area contributed by atoms with Crippen molar-refractivity contribution in [3.8, 4) is 17.6 Å². The summed E-state index contributed by atoms with van der Waals surface area (Å²) >= 11 is 0. The van der Waals surface area contributed by atoms with Crippen LogP contribution < -0.4 is 10.5 Å². The molecule has 0 fully saturated rings. The first kappa shape index (κ1) is 19.7. The summed E-state index contributed by atoms with van der Waals surface area (Å²) in [6.07, 6.45) is -4.77. The fourth-order valence-corrected chi connectivity index (χ4v) is 4.11. The summed E-state index contributed by atoms with van der Waals surface area (Å²) in [5, 5.41) is 15.2. The maximum atomic E-state index is 14.2. The molecule has 32 heavy (non-hydrogen) atoms. The van der Waals surface area contributed by atoms with Crippen molar-refractivity contribution in [1.29, 1.82) is 5.26 Å². The molecule has 5 rings (SSSR count). The van der Waals surface area contributed by atoms with E-state index in [1.165, 1.54) is 0 Å². The first-order valence-electron chi connectivity index (χ1n) is 9.71. The molecule has 0 bridgehead atoms. The van der Waals surface area contributed by atoms with Gasteiger partial charge in [0.25, 0.3) is 0 Å². The van der Waals surface area contributed by atoms with Gasteiger partial charge >= 0.3 is 6.18 Å². The third-order valence-corrected chi connectivity index (χ3v) is 5.45. The molecule has 1 atom stereocenters. The highest BCUT2D eigenvalue weighted by Crippen LogP contribution is 2.49. The van der Waals surface area contributed by atoms with E-state index in [-0.39, 0.29) is 22.9 Å². The minimum Gasteiger partial charge on any atom is -0.422 e. The lowest BCUT2D eigenvalue weighted by molar-refractivity contribution is -0.142. The topological polar surface area (TPSA) is 76.9 Å². The van der Waals surface area contributed by atoms with Gasteiger partial charge in [-0.2, -0.15) is 28.2 Å². The summed E-state index contributed by atoms with van der Waals surface area (Å²) in [6, 6.07) is 22.9. The number of hydrogen-bond acceptors (Lipinski definition) is 4. The number of halogens is 3. The van der Waals surface area contributed by atoms with Gasteiger partial charge in [0.1, 0.15) is 11.6 Å². The molecule has 0 saturated carbocycles. The maximum absolute atomic E-state index is 14.2. The number of allylic oxidation sites excluding steroid dienone is 1. The molecule has 1 aliphatic heterocycles. The Kier molecular flexibility index (Phi) is 4.41. The molecule has 0 aliphatic carbocycles. The average Bonchev–Trinajstić information content (AvgIpc) is 3.18. The fraction of sp³-hybridized carbons (Fsp3) is 0.0833. The molecule has 0 radical (unpaired) electrons. The SMILES string of the molecule is N#CC1=C(N)Oc2c(c(C(F)(F)F)nn2-c2ccccc2)[C@H]1c1cccc2ccccc12. The number of benzene rings is 3. The highest BCUT2D eigenvalue weighted by Gasteiger charge is 2.46. The summed E-state index contributed by atoms with van der Waals surface area (Å²) in [4.78, 5) is 0. The number of hydrogen-bond donors (Lipinski definition) is 1. The molecular formula is C24H15F3N4O. The van der Waals surface area contributed by atoms with Crippen molar-refractivity contribution in [3.05, 3.63) is 101 Å². The Labute approximate surface area is 180 Å². The predicted molar refractivity (Wildman–Crippen MR) is 112 cm³/mol. The second-order valence-corrected chi connectivity index (χ2v) is 7.31. The monoisotopic (exact) mass is 432 g/mol. The lowest BCUT2D eigenvalue weighted by atomic mass is 9.81. The standard InChI is InChI=1S/C24H15F3N4O/c25-24(26,27)21-20-19(17-12-6-8-14-7-4-5-11-16(14)17)18(13-28)22(29)32-23(20)31(30-21)15-9-2-1-3-10-15/h1-12,19H,29H2/t19-/m0/s1. The Bertz CT molecular complexity index is 1410. The van der Waals surface area contributed by atoms with Crippen molar-refractivity contribution >= 4 is 10.8 Å². The molecular weight excluding hydrogens is 417 g/mol. The third-order valence-electron chi connectivity index (χ3n) is 5.45. The lowest BCUT2D eigenvalue weighted by Crippen LogP contribution is -2.23. The molecule has 0 spiro atoms. The van der Waals surface area contributed by atoms with Crippen molar-refractivity contribution in [2.75, 3.05) is 0 Å². The van der Waals surface area contributed by atoms with E-state index in [4.69, 9.17) is 10.5 Å². The van der Waals surface area contributed by atoms with E-state index in [0.717, 1.165) is 10.1 Å². The number of rotatable bonds is 2. The largest absolute Gasteiger partial charge is 0.435 e. The molecule has 0 amide bonds. The van der Waals surface area contributed by atoms with Crippen molar-refractivity contribution < 1.29 is 17.9 Å². The first-order chi connectivity index (χ1) is 15.4. The van der Waals surface area contributed by atoms with Crippen LogP contribution in [0.1, 0.15) is 22.7 Å². The highest BCUT2D eigenvalue weighted by molar-refractivity contribution is 5.87. The van der Waals surface area contributed by atoms with E-state index in [2.05, 4.69) is 5.10 Å². The van der Waals surface area contributed by atoms with Crippen LogP contribution >= 0.6 is 0 Å². The van der Waals surface area contributed by atoms with E-state index >= 15 is 0 Å². The van der Waals surface area contributed by atoms with E-state index in [0.29, 0.717) is 16.6 Å². The van der Waals surface area contributed by atoms with Crippen LogP contribution in [0.15, 0.2) is 84.3 Å². The summed E-state index contributed by atoms with van der Waals surface area (Å²) in [5.74, 6) is -1.49. The molecule has 158 valence electrons. The Morgan fingerprint density at radius 1 is 0.969 bits per heavy atom. The van der Waals surface area contributed by atoms with Gasteiger partial charge in [0.05, 0.1) is 17.2 Å². The number of nitrogens with zero attached hydrogens (tertiary/aromatic N) is 3. The normalized spacial score (nSPS) is 15.9. The van der Waals surface area contributed by atoms with Gasteiger partial charge in [-0.25, -0.2) is 0 Å². The highest BCUT2D eigenvalue weighted by atomic mass is 19.4. The smallest absolute Gasteiger partial charge is 0.422 e. The van der Waals surface area contributed by atoms with Gasteiger partial charge in [0.15, 0.2) is 5.69 Å². The molecule has 0 unspecified atom stereocenters. The first-order valence-corrected chi connectivity index (χ1v) is 9.71. The van der Waals surface area contributed by atoms with Crippen LogP contribution in [0.5, 0.6) is 5.88 Å². The quantitative estimate of drug-likeness (QED) is 0.469. The van der Waals surface area contributed by atoms with Crippen molar-refractivity contribution in [1.82, 2.24) is 9.78 Å². The molecule has 1 aliphatic rings. The molecule has 3 aromatic carbocycles. The van der Waals surface area contributed by atoms with Gasteiger partial charge in [-0.15, -0.1) is 0 Å². The summed E-state index contributed by atoms with van der Waals surface area (Å²) < 4.78 is 49.2. The minimum absolute atomic E-state index is 0.0908. The molecule has 0 saturated heterocycles.